The maximum atomic E-state index is 12.9. The Morgan fingerprint density at radius 1 is 1.46 bits per heavy atom. The van der Waals surface area contributed by atoms with Crippen LogP contribution in [0.15, 0.2) is 22.3 Å². The zero-order valence-electron chi connectivity index (χ0n) is 14.6. The number of allylic oxidation sites excluding steroid dienone is 1. The molecule has 3 rings (SSSR count). The first kappa shape index (κ1) is 17.0. The van der Waals surface area contributed by atoms with Gasteiger partial charge in [-0.15, -0.1) is 0 Å². The summed E-state index contributed by atoms with van der Waals surface area (Å²) in [6.45, 7) is 7.15. The molecule has 1 fully saturated rings. The highest BCUT2D eigenvalue weighted by Crippen LogP contribution is 2.57. The normalized spacial score (nSPS) is 33.0. The third-order valence-corrected chi connectivity index (χ3v) is 5.81. The van der Waals surface area contributed by atoms with Crippen LogP contribution in [-0.2, 0) is 9.53 Å². The van der Waals surface area contributed by atoms with Crippen molar-refractivity contribution >= 4 is 11.8 Å². The van der Waals surface area contributed by atoms with E-state index in [1.54, 1.807) is 19.9 Å². The van der Waals surface area contributed by atoms with Crippen molar-refractivity contribution in [3.63, 3.8) is 0 Å². The molecule has 5 heteroatoms. The minimum absolute atomic E-state index is 0.0885. The lowest BCUT2D eigenvalue weighted by molar-refractivity contribution is -0.169. The van der Waals surface area contributed by atoms with Gasteiger partial charge in [0.2, 0.25) is 5.78 Å². The van der Waals surface area contributed by atoms with E-state index in [1.807, 2.05) is 13.8 Å². The predicted octanol–water partition coefficient (Wildman–Crippen LogP) is 3.50. The highest BCUT2D eigenvalue weighted by Gasteiger charge is 2.59. The molecule has 0 amide bonds. The standard InChI is InChI=1S/C19H24O5/c1-5-10(2)18(22)24-17-14-11(3)9-23-16(14)15(21)12-7-6-8-13(20)19(12,17)4/h5,9,12-13,17,20H,6-8H2,1-4H3/t12-,13-,17-,19+/m1/s1. The van der Waals surface area contributed by atoms with Gasteiger partial charge in [-0.2, -0.15) is 0 Å². The quantitative estimate of drug-likeness (QED) is 0.662. The molecular weight excluding hydrogens is 308 g/mol. The van der Waals surface area contributed by atoms with Gasteiger partial charge in [0.15, 0.2) is 5.76 Å². The molecular formula is C19H24O5. The van der Waals surface area contributed by atoms with Crippen LogP contribution in [0.5, 0.6) is 0 Å². The Morgan fingerprint density at radius 3 is 2.83 bits per heavy atom. The van der Waals surface area contributed by atoms with E-state index in [1.165, 1.54) is 6.26 Å². The molecule has 0 spiro atoms. The van der Waals surface area contributed by atoms with Crippen LogP contribution in [0.1, 0.15) is 67.8 Å². The number of esters is 1. The van der Waals surface area contributed by atoms with Gasteiger partial charge in [-0.1, -0.05) is 19.4 Å². The monoisotopic (exact) mass is 332 g/mol. The Balaban J connectivity index is 2.14. The molecule has 5 nitrogen and oxygen atoms in total. The second-order valence-corrected chi connectivity index (χ2v) is 7.15. The van der Waals surface area contributed by atoms with Crippen molar-refractivity contribution in [3.05, 3.63) is 34.8 Å². The van der Waals surface area contributed by atoms with Crippen LogP contribution >= 0.6 is 0 Å². The van der Waals surface area contributed by atoms with Crippen LogP contribution in [0, 0.1) is 18.3 Å². The second-order valence-electron chi connectivity index (χ2n) is 7.15. The first-order valence-electron chi connectivity index (χ1n) is 8.46. The maximum Gasteiger partial charge on any atom is 0.334 e. The Hall–Kier alpha value is -1.88. The number of Topliss-reactive ketones (excluding diaryl/α,β-unsaturated/α-hetero) is 1. The molecule has 2 aliphatic rings. The molecule has 0 radical (unpaired) electrons. The molecule has 1 aromatic heterocycles. The lowest BCUT2D eigenvalue weighted by atomic mass is 9.56. The molecule has 0 aromatic carbocycles. The number of hydrogen-bond donors (Lipinski definition) is 1. The molecule has 1 N–H and O–H groups in total. The summed E-state index contributed by atoms with van der Waals surface area (Å²) in [5.41, 5.74) is 1.05. The van der Waals surface area contributed by atoms with Crippen molar-refractivity contribution in [1.29, 1.82) is 0 Å². The Bertz CT molecular complexity index is 713. The van der Waals surface area contributed by atoms with Crippen LogP contribution in [0.3, 0.4) is 0 Å². The number of hydrogen-bond acceptors (Lipinski definition) is 5. The maximum absolute atomic E-state index is 12.9. The van der Waals surface area contributed by atoms with E-state index in [4.69, 9.17) is 9.15 Å². The van der Waals surface area contributed by atoms with Crippen LogP contribution in [0.25, 0.3) is 0 Å². The average molecular weight is 332 g/mol. The highest BCUT2D eigenvalue weighted by molar-refractivity contribution is 5.99. The summed E-state index contributed by atoms with van der Waals surface area (Å²) < 4.78 is 11.3. The van der Waals surface area contributed by atoms with Gasteiger partial charge in [-0.3, -0.25) is 4.79 Å². The fourth-order valence-corrected chi connectivity index (χ4v) is 4.08. The minimum Gasteiger partial charge on any atom is -0.461 e. The fourth-order valence-electron chi connectivity index (χ4n) is 4.08. The summed E-state index contributed by atoms with van der Waals surface area (Å²) >= 11 is 0. The van der Waals surface area contributed by atoms with Crippen molar-refractivity contribution in [1.82, 2.24) is 0 Å². The Kier molecular flexibility index (Phi) is 4.16. The molecule has 24 heavy (non-hydrogen) atoms. The van der Waals surface area contributed by atoms with E-state index in [0.29, 0.717) is 24.0 Å². The average Bonchev–Trinajstić information content (AvgIpc) is 2.94. The van der Waals surface area contributed by atoms with E-state index < -0.39 is 29.5 Å². The SMILES string of the molecule is CC=C(C)C(=O)O[C@@H]1c2c(C)coc2C(=O)[C@H]2CCC[C@@H](O)[C@]21C. The minimum atomic E-state index is -0.833. The van der Waals surface area contributed by atoms with Crippen molar-refractivity contribution in [2.24, 2.45) is 11.3 Å². The molecule has 0 unspecified atom stereocenters. The van der Waals surface area contributed by atoms with Crippen LogP contribution in [0.4, 0.5) is 0 Å². The van der Waals surface area contributed by atoms with Gasteiger partial charge in [0.25, 0.3) is 0 Å². The number of aryl methyl sites for hydroxylation is 1. The number of ketones is 1. The van der Waals surface area contributed by atoms with Crippen LogP contribution in [-0.4, -0.2) is 23.0 Å². The number of furan rings is 1. The summed E-state index contributed by atoms with van der Waals surface area (Å²) in [7, 11) is 0. The molecule has 4 atom stereocenters. The first-order chi connectivity index (χ1) is 11.3. The van der Waals surface area contributed by atoms with Gasteiger partial charge in [0.1, 0.15) is 6.10 Å². The lowest BCUT2D eigenvalue weighted by Crippen LogP contribution is -2.53. The zero-order chi connectivity index (χ0) is 17.6. The predicted molar refractivity (Wildman–Crippen MR) is 87.5 cm³/mol. The molecule has 0 aliphatic heterocycles. The fraction of sp³-hybridized carbons (Fsp3) is 0.579. The highest BCUT2D eigenvalue weighted by atomic mass is 16.5. The number of rotatable bonds is 2. The van der Waals surface area contributed by atoms with E-state index in [2.05, 4.69) is 0 Å². The topological polar surface area (TPSA) is 76.7 Å². The van der Waals surface area contributed by atoms with Gasteiger partial charge in [-0.25, -0.2) is 4.79 Å². The van der Waals surface area contributed by atoms with Gasteiger partial charge in [0.05, 0.1) is 12.4 Å². The molecule has 0 bridgehead atoms. The van der Waals surface area contributed by atoms with Gasteiger partial charge in [-0.05, 0) is 39.2 Å². The number of carbonyl (C=O) groups is 2. The van der Waals surface area contributed by atoms with Crippen molar-refractivity contribution < 1.29 is 23.8 Å². The van der Waals surface area contributed by atoms with E-state index in [9.17, 15) is 14.7 Å². The van der Waals surface area contributed by atoms with Gasteiger partial charge >= 0.3 is 5.97 Å². The van der Waals surface area contributed by atoms with Crippen molar-refractivity contribution in [2.75, 3.05) is 0 Å². The third kappa shape index (κ3) is 2.25. The van der Waals surface area contributed by atoms with E-state index in [-0.39, 0.29) is 11.5 Å². The molecule has 130 valence electrons. The summed E-state index contributed by atoms with van der Waals surface area (Å²) in [5, 5.41) is 10.7. The van der Waals surface area contributed by atoms with E-state index >= 15 is 0 Å². The first-order valence-corrected chi connectivity index (χ1v) is 8.46. The number of ether oxygens (including phenoxy) is 1. The van der Waals surface area contributed by atoms with Crippen LogP contribution < -0.4 is 0 Å². The number of fused-ring (bicyclic) bond motifs is 2. The molecule has 1 heterocycles. The zero-order valence-corrected chi connectivity index (χ0v) is 14.6. The number of aliphatic hydroxyl groups is 1. The second kappa shape index (κ2) is 5.88. The molecule has 0 saturated heterocycles. The van der Waals surface area contributed by atoms with Crippen molar-refractivity contribution in [2.45, 2.75) is 59.2 Å². The van der Waals surface area contributed by atoms with Crippen LogP contribution in [0.2, 0.25) is 0 Å². The van der Waals surface area contributed by atoms with Gasteiger partial charge in [0, 0.05) is 22.5 Å². The largest absolute Gasteiger partial charge is 0.461 e. The summed E-state index contributed by atoms with van der Waals surface area (Å²) in [5.74, 6) is -0.640. The molecule has 1 aromatic rings. The smallest absolute Gasteiger partial charge is 0.334 e. The number of carbonyl (C=O) groups excluding carboxylic acids is 2. The lowest BCUT2D eigenvalue weighted by Gasteiger charge is -2.50. The Morgan fingerprint density at radius 2 is 2.17 bits per heavy atom. The Labute approximate surface area is 141 Å². The summed E-state index contributed by atoms with van der Waals surface area (Å²) in [6.07, 6.45) is 3.87. The van der Waals surface area contributed by atoms with Crippen molar-refractivity contribution in [3.8, 4) is 0 Å². The summed E-state index contributed by atoms with van der Waals surface area (Å²) in [4.78, 5) is 25.3. The summed E-state index contributed by atoms with van der Waals surface area (Å²) in [6, 6.07) is 0. The van der Waals surface area contributed by atoms with Gasteiger partial charge < -0.3 is 14.3 Å². The third-order valence-electron chi connectivity index (χ3n) is 5.81. The molecule has 2 aliphatic carbocycles. The molecule has 1 saturated carbocycles. The number of aliphatic hydroxyl groups excluding tert-OH is 1. The van der Waals surface area contributed by atoms with E-state index in [0.717, 1.165) is 12.0 Å².